The predicted molar refractivity (Wildman–Crippen MR) is 133 cm³/mol. The van der Waals surface area contributed by atoms with Crippen LogP contribution >= 0.6 is 11.3 Å². The Hall–Kier alpha value is -2.73. The summed E-state index contributed by atoms with van der Waals surface area (Å²) in [7, 11) is -3.48. The van der Waals surface area contributed by atoms with Crippen molar-refractivity contribution in [3.63, 3.8) is 0 Å². The molecule has 0 radical (unpaired) electrons. The van der Waals surface area contributed by atoms with Crippen molar-refractivity contribution in [1.29, 1.82) is 0 Å². The minimum atomic E-state index is -3.48. The fourth-order valence-electron chi connectivity index (χ4n) is 4.04. The lowest BCUT2D eigenvalue weighted by Crippen LogP contribution is -2.32. The lowest BCUT2D eigenvalue weighted by Gasteiger charge is -2.22. The fraction of sp³-hybridized carbons (Fsp3) is 0.565. The highest BCUT2D eigenvalue weighted by atomic mass is 32.2. The van der Waals surface area contributed by atoms with Gasteiger partial charge in [0.05, 0.1) is 36.6 Å². The number of nitrogens with one attached hydrogen (secondary N) is 2. The van der Waals surface area contributed by atoms with Gasteiger partial charge in [0.2, 0.25) is 15.9 Å². The van der Waals surface area contributed by atoms with Crippen molar-refractivity contribution >= 4 is 44.3 Å². The highest BCUT2D eigenvalue weighted by Crippen LogP contribution is 2.34. The molecule has 2 aromatic heterocycles. The number of carbonyl (C=O) groups excluding carboxylic acids is 3. The minimum Gasteiger partial charge on any atom is -0.465 e. The van der Waals surface area contributed by atoms with Crippen LogP contribution in [0.4, 0.5) is 5.13 Å². The molecule has 2 heterocycles. The van der Waals surface area contributed by atoms with Crippen molar-refractivity contribution in [3.05, 3.63) is 35.1 Å². The van der Waals surface area contributed by atoms with Gasteiger partial charge < -0.3 is 15.4 Å². The van der Waals surface area contributed by atoms with E-state index >= 15 is 0 Å². The van der Waals surface area contributed by atoms with Crippen LogP contribution in [0.1, 0.15) is 73.8 Å². The summed E-state index contributed by atoms with van der Waals surface area (Å²) in [6.07, 6.45) is 9.66. The molecular formula is C23H32N4O6S2. The Morgan fingerprint density at radius 2 is 1.91 bits per heavy atom. The van der Waals surface area contributed by atoms with E-state index in [0.29, 0.717) is 11.7 Å². The van der Waals surface area contributed by atoms with Gasteiger partial charge in [0.15, 0.2) is 5.13 Å². The minimum absolute atomic E-state index is 0.0204. The molecule has 0 unspecified atom stereocenters. The number of amides is 2. The molecule has 10 nitrogen and oxygen atoms in total. The third kappa shape index (κ3) is 7.89. The number of nitrogens with zero attached hydrogens (tertiary/aromatic N) is 2. The average Bonchev–Trinajstić information content (AvgIpc) is 3.46. The number of rotatable bonds is 9. The van der Waals surface area contributed by atoms with Gasteiger partial charge in [-0.05, 0) is 38.2 Å². The van der Waals surface area contributed by atoms with E-state index < -0.39 is 21.8 Å². The molecule has 12 heteroatoms. The van der Waals surface area contributed by atoms with Crippen LogP contribution in [0.25, 0.3) is 0 Å². The number of hydrogen-bond acceptors (Lipinski definition) is 8. The van der Waals surface area contributed by atoms with Gasteiger partial charge in [-0.2, -0.15) is 0 Å². The highest BCUT2D eigenvalue weighted by Gasteiger charge is 2.25. The Bertz CT molecular complexity index is 1130. The van der Waals surface area contributed by atoms with E-state index in [1.54, 1.807) is 0 Å². The number of aromatic nitrogens is 2. The van der Waals surface area contributed by atoms with E-state index in [1.807, 2.05) is 12.3 Å². The van der Waals surface area contributed by atoms with Crippen LogP contribution in [0.3, 0.4) is 0 Å². The van der Waals surface area contributed by atoms with Crippen LogP contribution < -0.4 is 10.6 Å². The SMILES string of the molecule is CCCOC(=O)C1CCCC(c2csc(NC(=O)CNC(=O)c3ccn(S(C)(=O)=O)c3)n2)CCC1. The van der Waals surface area contributed by atoms with Crippen molar-refractivity contribution in [2.75, 3.05) is 24.7 Å². The third-order valence-corrected chi connectivity index (χ3v) is 7.67. The molecule has 1 aliphatic rings. The van der Waals surface area contributed by atoms with Crippen LogP contribution in [0.2, 0.25) is 0 Å². The maximum Gasteiger partial charge on any atom is 0.308 e. The van der Waals surface area contributed by atoms with Gasteiger partial charge in [-0.15, -0.1) is 11.3 Å². The van der Waals surface area contributed by atoms with Crippen molar-refractivity contribution in [3.8, 4) is 0 Å². The summed E-state index contributed by atoms with van der Waals surface area (Å²) >= 11 is 1.33. The van der Waals surface area contributed by atoms with E-state index in [9.17, 15) is 22.8 Å². The predicted octanol–water partition coefficient (Wildman–Crippen LogP) is 3.13. The van der Waals surface area contributed by atoms with Crippen molar-refractivity contribution < 1.29 is 27.5 Å². The average molecular weight is 525 g/mol. The molecule has 0 aromatic carbocycles. The molecule has 0 aliphatic heterocycles. The first-order chi connectivity index (χ1) is 16.7. The lowest BCUT2D eigenvalue weighted by molar-refractivity contribution is -0.149. The molecule has 2 amide bonds. The van der Waals surface area contributed by atoms with Crippen molar-refractivity contribution in [2.45, 2.75) is 57.8 Å². The molecule has 192 valence electrons. The first-order valence-electron chi connectivity index (χ1n) is 11.8. The molecule has 0 saturated heterocycles. The molecular weight excluding hydrogens is 492 g/mol. The summed E-state index contributed by atoms with van der Waals surface area (Å²) in [5.41, 5.74) is 1.08. The van der Waals surface area contributed by atoms with Crippen LogP contribution in [0, 0.1) is 5.92 Å². The Balaban J connectivity index is 1.45. The van der Waals surface area contributed by atoms with E-state index in [0.717, 1.165) is 60.9 Å². The zero-order valence-electron chi connectivity index (χ0n) is 20.0. The van der Waals surface area contributed by atoms with E-state index in [2.05, 4.69) is 15.6 Å². The number of ether oxygens (including phenoxy) is 1. The largest absolute Gasteiger partial charge is 0.465 e. The third-order valence-electron chi connectivity index (χ3n) is 5.90. The summed E-state index contributed by atoms with van der Waals surface area (Å²) in [6.45, 7) is 2.20. The maximum absolute atomic E-state index is 12.3. The second kappa shape index (κ2) is 12.3. The standard InChI is InChI=1S/C23H32N4O6S2/c1-3-12-33-22(30)17-8-4-6-16(7-5-9-17)19-15-34-23(25-19)26-20(28)13-24-21(29)18-10-11-27(14-18)35(2,31)32/h10-11,14-17H,3-9,12-13H2,1-2H3,(H,24,29)(H,25,26,28). The van der Waals surface area contributed by atoms with Crippen molar-refractivity contribution in [1.82, 2.24) is 14.3 Å². The molecule has 0 spiro atoms. The zero-order valence-corrected chi connectivity index (χ0v) is 21.6. The second-order valence-corrected chi connectivity index (χ2v) is 11.5. The number of thiazole rings is 1. The normalized spacial score (nSPS) is 18.8. The summed E-state index contributed by atoms with van der Waals surface area (Å²) in [5.74, 6) is -0.790. The van der Waals surface area contributed by atoms with Crippen LogP contribution in [-0.2, 0) is 24.3 Å². The Kier molecular flexibility index (Phi) is 9.44. The number of anilines is 1. The molecule has 0 atom stereocenters. The van der Waals surface area contributed by atoms with Gasteiger partial charge in [0.25, 0.3) is 5.91 Å². The summed E-state index contributed by atoms with van der Waals surface area (Å²) in [4.78, 5) is 41.2. The quantitative estimate of drug-likeness (QED) is 0.481. The number of carbonyl (C=O) groups is 3. The molecule has 1 saturated carbocycles. The second-order valence-electron chi connectivity index (χ2n) is 8.72. The number of hydrogen-bond donors (Lipinski definition) is 2. The Morgan fingerprint density at radius 3 is 2.54 bits per heavy atom. The van der Waals surface area contributed by atoms with Crippen LogP contribution in [0.15, 0.2) is 23.8 Å². The van der Waals surface area contributed by atoms with Crippen LogP contribution in [0.5, 0.6) is 0 Å². The molecule has 2 N–H and O–H groups in total. The van der Waals surface area contributed by atoms with E-state index in [4.69, 9.17) is 4.74 Å². The van der Waals surface area contributed by atoms with E-state index in [1.165, 1.54) is 29.8 Å². The Labute approximate surface area is 209 Å². The summed E-state index contributed by atoms with van der Waals surface area (Å²) in [6, 6.07) is 1.37. The van der Waals surface area contributed by atoms with Gasteiger partial charge in [-0.1, -0.05) is 19.8 Å². The first-order valence-corrected chi connectivity index (χ1v) is 14.5. The molecule has 3 rings (SSSR count). The smallest absolute Gasteiger partial charge is 0.308 e. The van der Waals surface area contributed by atoms with Gasteiger partial charge >= 0.3 is 5.97 Å². The fourth-order valence-corrected chi connectivity index (χ4v) is 5.43. The summed E-state index contributed by atoms with van der Waals surface area (Å²) < 4.78 is 29.3. The molecule has 2 aromatic rings. The van der Waals surface area contributed by atoms with Crippen LogP contribution in [-0.4, -0.2) is 54.6 Å². The highest BCUT2D eigenvalue weighted by molar-refractivity contribution is 7.89. The van der Waals surface area contributed by atoms with Gasteiger partial charge in [-0.25, -0.2) is 13.4 Å². The molecule has 1 fully saturated rings. The molecule has 1 aliphatic carbocycles. The topological polar surface area (TPSA) is 136 Å². The lowest BCUT2D eigenvalue weighted by atomic mass is 9.84. The molecule has 0 bridgehead atoms. The first kappa shape index (κ1) is 26.9. The van der Waals surface area contributed by atoms with Crippen molar-refractivity contribution in [2.24, 2.45) is 5.92 Å². The Morgan fingerprint density at radius 1 is 1.20 bits per heavy atom. The van der Waals surface area contributed by atoms with Gasteiger partial charge in [-0.3, -0.25) is 18.4 Å². The zero-order chi connectivity index (χ0) is 25.4. The van der Waals surface area contributed by atoms with E-state index in [-0.39, 0.29) is 29.9 Å². The number of esters is 1. The summed E-state index contributed by atoms with van der Waals surface area (Å²) in [5, 5.41) is 7.58. The van der Waals surface area contributed by atoms with Gasteiger partial charge in [0, 0.05) is 23.7 Å². The maximum atomic E-state index is 12.3. The monoisotopic (exact) mass is 524 g/mol. The molecule has 35 heavy (non-hydrogen) atoms. The van der Waals surface area contributed by atoms with Gasteiger partial charge in [0.1, 0.15) is 0 Å².